The second-order valence-corrected chi connectivity index (χ2v) is 5.00. The number of nitrogens with two attached hydrogens (primary N) is 1. The molecule has 0 saturated carbocycles. The van der Waals surface area contributed by atoms with Gasteiger partial charge in [-0.05, 0) is 43.4 Å². The van der Waals surface area contributed by atoms with Gasteiger partial charge in [-0.2, -0.15) is 0 Å². The van der Waals surface area contributed by atoms with Crippen LogP contribution < -0.4 is 10.6 Å². The zero-order valence-corrected chi connectivity index (χ0v) is 10.8. The molecule has 0 radical (unpaired) electrons. The van der Waals surface area contributed by atoms with E-state index in [1.54, 1.807) is 0 Å². The average molecular weight is 234 g/mol. The molecule has 2 N–H and O–H groups in total. The highest BCUT2D eigenvalue weighted by molar-refractivity contribution is 5.59. The molecule has 1 fully saturated rings. The molecule has 1 aliphatic rings. The molecule has 1 saturated heterocycles. The van der Waals surface area contributed by atoms with Crippen LogP contribution in [0.4, 0.5) is 11.4 Å². The molecule has 0 aliphatic carbocycles. The zero-order chi connectivity index (χ0) is 12.3. The minimum absolute atomic E-state index is 0.649. The van der Waals surface area contributed by atoms with E-state index in [1.165, 1.54) is 18.5 Å². The number of nitrogen functional groups attached to an aromatic ring is 1. The molecule has 1 atom stereocenters. The van der Waals surface area contributed by atoms with Gasteiger partial charge in [-0.1, -0.05) is 6.07 Å². The predicted octanol–water partition coefficient (Wildman–Crippen LogP) is 2.44. The molecule has 94 valence electrons. The Balaban J connectivity index is 1.98. The first kappa shape index (κ1) is 12.2. The summed E-state index contributed by atoms with van der Waals surface area (Å²) in [5.74, 6) is 0.649. The van der Waals surface area contributed by atoms with E-state index in [4.69, 9.17) is 10.5 Å². The van der Waals surface area contributed by atoms with Crippen LogP contribution in [-0.4, -0.2) is 26.8 Å². The Kier molecular flexibility index (Phi) is 3.89. The Morgan fingerprint density at radius 3 is 2.94 bits per heavy atom. The van der Waals surface area contributed by atoms with Gasteiger partial charge in [0.1, 0.15) is 0 Å². The number of aryl methyl sites for hydroxylation is 1. The van der Waals surface area contributed by atoms with Crippen molar-refractivity contribution in [1.82, 2.24) is 0 Å². The zero-order valence-electron chi connectivity index (χ0n) is 10.8. The fraction of sp³-hybridized carbons (Fsp3) is 0.571. The van der Waals surface area contributed by atoms with E-state index < -0.39 is 0 Å². The molecular weight excluding hydrogens is 212 g/mol. The first-order valence-corrected chi connectivity index (χ1v) is 6.32. The van der Waals surface area contributed by atoms with E-state index in [2.05, 4.69) is 30.1 Å². The summed E-state index contributed by atoms with van der Waals surface area (Å²) >= 11 is 0. The van der Waals surface area contributed by atoms with E-state index in [9.17, 15) is 0 Å². The molecule has 1 aromatic carbocycles. The summed E-state index contributed by atoms with van der Waals surface area (Å²) in [6, 6.07) is 6.27. The average Bonchev–Trinajstić information content (AvgIpc) is 2.34. The molecule has 0 aromatic heterocycles. The van der Waals surface area contributed by atoms with Crippen LogP contribution in [0.3, 0.4) is 0 Å². The smallest absolute Gasteiger partial charge is 0.0511 e. The number of ether oxygens (including phenoxy) is 1. The van der Waals surface area contributed by atoms with Gasteiger partial charge in [-0.3, -0.25) is 0 Å². The van der Waals surface area contributed by atoms with Crippen LogP contribution in [0.25, 0.3) is 0 Å². The highest BCUT2D eigenvalue weighted by atomic mass is 16.5. The van der Waals surface area contributed by atoms with E-state index >= 15 is 0 Å². The fourth-order valence-electron chi connectivity index (χ4n) is 2.31. The lowest BCUT2D eigenvalue weighted by Gasteiger charge is -2.28. The maximum atomic E-state index is 5.94. The summed E-state index contributed by atoms with van der Waals surface area (Å²) < 4.78 is 5.51. The molecular formula is C14H22N2O. The lowest BCUT2D eigenvalue weighted by molar-refractivity contribution is 0.0576. The van der Waals surface area contributed by atoms with Gasteiger partial charge in [0.15, 0.2) is 0 Å². The number of hydrogen-bond acceptors (Lipinski definition) is 3. The van der Waals surface area contributed by atoms with Crippen molar-refractivity contribution in [3.63, 3.8) is 0 Å². The first-order valence-electron chi connectivity index (χ1n) is 6.32. The van der Waals surface area contributed by atoms with Crippen molar-refractivity contribution in [3.05, 3.63) is 23.8 Å². The summed E-state index contributed by atoms with van der Waals surface area (Å²) in [5.41, 5.74) is 9.14. The van der Waals surface area contributed by atoms with E-state index in [0.717, 1.165) is 31.0 Å². The molecule has 1 aliphatic heterocycles. The van der Waals surface area contributed by atoms with Gasteiger partial charge in [0.05, 0.1) is 6.61 Å². The van der Waals surface area contributed by atoms with Crippen molar-refractivity contribution >= 4 is 11.4 Å². The van der Waals surface area contributed by atoms with Crippen molar-refractivity contribution in [2.75, 3.05) is 37.4 Å². The van der Waals surface area contributed by atoms with Crippen molar-refractivity contribution in [1.29, 1.82) is 0 Å². The molecule has 1 heterocycles. The molecule has 2 rings (SSSR count). The van der Waals surface area contributed by atoms with Gasteiger partial charge >= 0.3 is 0 Å². The predicted molar refractivity (Wildman–Crippen MR) is 72.4 cm³/mol. The third kappa shape index (κ3) is 3.13. The van der Waals surface area contributed by atoms with Gasteiger partial charge in [0, 0.05) is 31.6 Å². The van der Waals surface area contributed by atoms with Crippen LogP contribution in [0.5, 0.6) is 0 Å². The Bertz CT molecular complexity index is 372. The molecule has 3 nitrogen and oxygen atoms in total. The SMILES string of the molecule is Cc1ccc(N(C)CC2CCCOC2)cc1N. The first-order chi connectivity index (χ1) is 8.16. The Morgan fingerprint density at radius 2 is 2.29 bits per heavy atom. The molecule has 0 bridgehead atoms. The van der Waals surface area contributed by atoms with E-state index in [1.807, 2.05) is 6.92 Å². The molecule has 1 unspecified atom stereocenters. The van der Waals surface area contributed by atoms with Crippen molar-refractivity contribution in [3.8, 4) is 0 Å². The van der Waals surface area contributed by atoms with Crippen LogP contribution in [0, 0.1) is 12.8 Å². The Morgan fingerprint density at radius 1 is 1.47 bits per heavy atom. The topological polar surface area (TPSA) is 38.5 Å². The third-order valence-electron chi connectivity index (χ3n) is 3.49. The fourth-order valence-corrected chi connectivity index (χ4v) is 2.31. The van der Waals surface area contributed by atoms with Crippen LogP contribution in [-0.2, 0) is 4.74 Å². The molecule has 3 heteroatoms. The standard InChI is InChI=1S/C14H22N2O/c1-11-5-6-13(8-14(11)15)16(2)9-12-4-3-7-17-10-12/h5-6,8,12H,3-4,7,9-10,15H2,1-2H3. The number of benzene rings is 1. The molecule has 0 amide bonds. The number of nitrogens with zero attached hydrogens (tertiary/aromatic N) is 1. The summed E-state index contributed by atoms with van der Waals surface area (Å²) in [7, 11) is 2.12. The molecule has 0 spiro atoms. The van der Waals surface area contributed by atoms with Gasteiger partial charge in [-0.25, -0.2) is 0 Å². The van der Waals surface area contributed by atoms with Crippen molar-refractivity contribution in [2.45, 2.75) is 19.8 Å². The van der Waals surface area contributed by atoms with Crippen molar-refractivity contribution in [2.24, 2.45) is 5.92 Å². The van der Waals surface area contributed by atoms with Crippen LogP contribution in [0.2, 0.25) is 0 Å². The van der Waals surface area contributed by atoms with E-state index in [-0.39, 0.29) is 0 Å². The summed E-state index contributed by atoms with van der Waals surface area (Å²) in [6.07, 6.45) is 2.46. The van der Waals surface area contributed by atoms with Crippen LogP contribution in [0.1, 0.15) is 18.4 Å². The highest BCUT2D eigenvalue weighted by Gasteiger charge is 2.16. The van der Waals surface area contributed by atoms with Crippen molar-refractivity contribution < 1.29 is 4.74 Å². The summed E-state index contributed by atoms with van der Waals surface area (Å²) in [6.45, 7) is 4.90. The minimum Gasteiger partial charge on any atom is -0.398 e. The van der Waals surface area contributed by atoms with E-state index in [0.29, 0.717) is 5.92 Å². The largest absolute Gasteiger partial charge is 0.398 e. The summed E-state index contributed by atoms with van der Waals surface area (Å²) in [5, 5.41) is 0. The number of anilines is 2. The Hall–Kier alpha value is -1.22. The van der Waals surface area contributed by atoms with Crippen LogP contribution >= 0.6 is 0 Å². The number of hydrogen-bond donors (Lipinski definition) is 1. The number of rotatable bonds is 3. The summed E-state index contributed by atoms with van der Waals surface area (Å²) in [4.78, 5) is 2.27. The second kappa shape index (κ2) is 5.41. The van der Waals surface area contributed by atoms with Crippen LogP contribution in [0.15, 0.2) is 18.2 Å². The van der Waals surface area contributed by atoms with Gasteiger partial charge in [-0.15, -0.1) is 0 Å². The maximum absolute atomic E-state index is 5.94. The third-order valence-corrected chi connectivity index (χ3v) is 3.49. The second-order valence-electron chi connectivity index (χ2n) is 5.00. The maximum Gasteiger partial charge on any atom is 0.0511 e. The normalized spacial score (nSPS) is 20.2. The highest BCUT2D eigenvalue weighted by Crippen LogP contribution is 2.22. The molecule has 1 aromatic rings. The minimum atomic E-state index is 0.649. The van der Waals surface area contributed by atoms with Gasteiger partial charge in [0.25, 0.3) is 0 Å². The lowest BCUT2D eigenvalue weighted by atomic mass is 10.0. The van der Waals surface area contributed by atoms with Gasteiger partial charge < -0.3 is 15.4 Å². The lowest BCUT2D eigenvalue weighted by Crippen LogP contribution is -2.30. The quantitative estimate of drug-likeness (QED) is 0.816. The Labute approximate surface area is 104 Å². The monoisotopic (exact) mass is 234 g/mol. The molecule has 17 heavy (non-hydrogen) atoms. The van der Waals surface area contributed by atoms with Gasteiger partial charge in [0.2, 0.25) is 0 Å².